The van der Waals surface area contributed by atoms with Crippen molar-refractivity contribution in [3.8, 4) is 0 Å². The topological polar surface area (TPSA) is 49.4 Å². The largest absolute Gasteiger partial charge is 0.353 e. The highest BCUT2D eigenvalue weighted by molar-refractivity contribution is 6.30. The number of aryl methyl sites for hydroxylation is 1. The lowest BCUT2D eigenvalue weighted by Gasteiger charge is -2.60. The molecule has 5 rings (SSSR count). The molecule has 2 amide bonds. The van der Waals surface area contributed by atoms with Crippen molar-refractivity contribution in [3.63, 3.8) is 0 Å². The summed E-state index contributed by atoms with van der Waals surface area (Å²) in [6.07, 6.45) is 12.2. The van der Waals surface area contributed by atoms with E-state index in [2.05, 4.69) is 25.2 Å². The predicted octanol–water partition coefficient (Wildman–Crippen LogP) is 5.40. The lowest BCUT2D eigenvalue weighted by molar-refractivity contribution is -0.138. The van der Waals surface area contributed by atoms with Crippen LogP contribution in [0, 0.1) is 28.6 Å². The van der Waals surface area contributed by atoms with Gasteiger partial charge in [0.05, 0.1) is 0 Å². The Morgan fingerprint density at radius 2 is 1.97 bits per heavy atom. The normalized spacial score (nSPS) is 39.6. The number of carbonyl (C=O) groups is 2. The maximum atomic E-state index is 12.9. The maximum Gasteiger partial charge on any atom is 0.246 e. The zero-order valence-corrected chi connectivity index (χ0v) is 20.9. The zero-order valence-electron chi connectivity index (χ0n) is 20.1. The summed E-state index contributed by atoms with van der Waals surface area (Å²) in [5.41, 5.74) is 1.36. The molecule has 1 aromatic rings. The lowest BCUT2D eigenvalue weighted by atomic mass is 9.48. The second-order valence-electron chi connectivity index (χ2n) is 11.5. The molecule has 3 saturated carbocycles. The molecule has 4 aliphatic rings. The standard InChI is InChI=1S/C28H37ClN2O2/c1-27-15-13-22-20(8-11-24-28(22,2)16-14-26(33)31(24)3)21(27)9-10-23(27)30-25(32)12-7-18-5-4-6-19(29)17-18/h4-6,14,16-17,20-24H,7-13,15H2,1-3H3,(H,30,32)/t20-,21-,22+,23?,24?,27-,28+/m0/s1. The zero-order chi connectivity index (χ0) is 23.4. The number of likely N-dealkylation sites (N-methyl/N-ethyl adjacent to an activating group) is 1. The summed E-state index contributed by atoms with van der Waals surface area (Å²) in [4.78, 5) is 27.1. The molecule has 0 spiro atoms. The van der Waals surface area contributed by atoms with Crippen molar-refractivity contribution in [2.45, 2.75) is 77.3 Å². The third-order valence-corrected chi connectivity index (χ3v) is 10.2. The SMILES string of the molecule is CN1C(=O)C=C[C@@]2(C)C1CC[C@@H]1[C@H]2CC[C@]2(C)C(NC(=O)CCc3cccc(Cl)c3)CC[C@@H]12. The summed E-state index contributed by atoms with van der Waals surface area (Å²) in [6.45, 7) is 4.82. The number of benzene rings is 1. The van der Waals surface area contributed by atoms with Crippen LogP contribution in [0.2, 0.25) is 5.02 Å². The number of hydrogen-bond acceptors (Lipinski definition) is 2. The summed E-state index contributed by atoms with van der Waals surface area (Å²) in [7, 11) is 1.98. The van der Waals surface area contributed by atoms with Crippen molar-refractivity contribution in [2.24, 2.45) is 28.6 Å². The molecule has 0 aromatic heterocycles. The maximum absolute atomic E-state index is 12.9. The first kappa shape index (κ1) is 23.0. The number of amides is 2. The molecule has 1 aromatic carbocycles. The Hall–Kier alpha value is -1.81. The van der Waals surface area contributed by atoms with Gasteiger partial charge in [-0.2, -0.15) is 0 Å². The summed E-state index contributed by atoms with van der Waals surface area (Å²) in [6, 6.07) is 8.39. The lowest BCUT2D eigenvalue weighted by Crippen LogP contribution is -2.60. The molecule has 1 N–H and O–H groups in total. The smallest absolute Gasteiger partial charge is 0.246 e. The molecule has 5 heteroatoms. The van der Waals surface area contributed by atoms with Crippen molar-refractivity contribution in [1.82, 2.24) is 10.2 Å². The van der Waals surface area contributed by atoms with Gasteiger partial charge in [0.15, 0.2) is 0 Å². The molecular weight excluding hydrogens is 432 g/mol. The van der Waals surface area contributed by atoms with E-state index in [-0.39, 0.29) is 28.7 Å². The molecule has 0 saturated heterocycles. The van der Waals surface area contributed by atoms with Crippen LogP contribution in [0.15, 0.2) is 36.4 Å². The quantitative estimate of drug-likeness (QED) is 0.643. The van der Waals surface area contributed by atoms with Gasteiger partial charge in [0.2, 0.25) is 11.8 Å². The van der Waals surface area contributed by atoms with E-state index in [1.807, 2.05) is 42.3 Å². The van der Waals surface area contributed by atoms with Crippen molar-refractivity contribution < 1.29 is 9.59 Å². The van der Waals surface area contributed by atoms with Crippen LogP contribution < -0.4 is 5.32 Å². The number of fused-ring (bicyclic) bond motifs is 5. The summed E-state index contributed by atoms with van der Waals surface area (Å²) in [5.74, 6) is 2.28. The minimum atomic E-state index is 0.0746. The van der Waals surface area contributed by atoms with Crippen LogP contribution in [0.3, 0.4) is 0 Å². The fraction of sp³-hybridized carbons (Fsp3) is 0.643. The molecular formula is C28H37ClN2O2. The van der Waals surface area contributed by atoms with Gasteiger partial charge in [-0.25, -0.2) is 0 Å². The first-order valence-electron chi connectivity index (χ1n) is 12.7. The van der Waals surface area contributed by atoms with Crippen LogP contribution in [0.1, 0.15) is 64.4 Å². The molecule has 178 valence electrons. The van der Waals surface area contributed by atoms with Crippen LogP contribution in [0.25, 0.3) is 0 Å². The van der Waals surface area contributed by atoms with Gasteiger partial charge in [0.1, 0.15) is 0 Å². The van der Waals surface area contributed by atoms with E-state index < -0.39 is 0 Å². The first-order valence-corrected chi connectivity index (χ1v) is 13.1. The van der Waals surface area contributed by atoms with Gasteiger partial charge in [0, 0.05) is 36.0 Å². The fourth-order valence-corrected chi connectivity index (χ4v) is 8.41. The van der Waals surface area contributed by atoms with Gasteiger partial charge >= 0.3 is 0 Å². The predicted molar refractivity (Wildman–Crippen MR) is 132 cm³/mol. The molecule has 3 fully saturated rings. The molecule has 1 aliphatic heterocycles. The van der Waals surface area contributed by atoms with E-state index in [1.54, 1.807) is 0 Å². The van der Waals surface area contributed by atoms with Crippen LogP contribution in [-0.2, 0) is 16.0 Å². The van der Waals surface area contributed by atoms with Crippen molar-refractivity contribution in [2.75, 3.05) is 7.05 Å². The van der Waals surface area contributed by atoms with Gasteiger partial charge in [-0.1, -0.05) is 43.7 Å². The van der Waals surface area contributed by atoms with E-state index in [0.29, 0.717) is 30.2 Å². The monoisotopic (exact) mass is 468 g/mol. The third kappa shape index (κ3) is 3.83. The number of nitrogens with one attached hydrogen (secondary N) is 1. The molecule has 0 radical (unpaired) electrons. The average molecular weight is 469 g/mol. The van der Waals surface area contributed by atoms with Crippen LogP contribution in [0.5, 0.6) is 0 Å². The Balaban J connectivity index is 1.26. The molecule has 1 heterocycles. The summed E-state index contributed by atoms with van der Waals surface area (Å²) in [5, 5.41) is 4.16. The second kappa shape index (κ2) is 8.45. The second-order valence-corrected chi connectivity index (χ2v) is 11.9. The van der Waals surface area contributed by atoms with Gasteiger partial charge in [0.25, 0.3) is 0 Å². The van der Waals surface area contributed by atoms with Gasteiger partial charge in [-0.3, -0.25) is 9.59 Å². The number of nitrogens with zero attached hydrogens (tertiary/aromatic N) is 1. The van der Waals surface area contributed by atoms with E-state index in [1.165, 1.54) is 19.3 Å². The van der Waals surface area contributed by atoms with Gasteiger partial charge in [-0.15, -0.1) is 0 Å². The van der Waals surface area contributed by atoms with Gasteiger partial charge in [-0.05, 0) is 91.9 Å². The molecule has 0 bridgehead atoms. The van der Waals surface area contributed by atoms with Gasteiger partial charge < -0.3 is 10.2 Å². The molecule has 7 atom stereocenters. The van der Waals surface area contributed by atoms with Crippen molar-refractivity contribution in [3.05, 3.63) is 47.0 Å². The van der Waals surface area contributed by atoms with E-state index in [9.17, 15) is 9.59 Å². The van der Waals surface area contributed by atoms with E-state index >= 15 is 0 Å². The highest BCUT2D eigenvalue weighted by atomic mass is 35.5. The first-order chi connectivity index (χ1) is 15.7. The molecule has 4 nitrogen and oxygen atoms in total. The summed E-state index contributed by atoms with van der Waals surface area (Å²) < 4.78 is 0. The molecule has 3 aliphatic carbocycles. The van der Waals surface area contributed by atoms with Crippen LogP contribution in [0.4, 0.5) is 0 Å². The Morgan fingerprint density at radius 1 is 1.15 bits per heavy atom. The van der Waals surface area contributed by atoms with Crippen molar-refractivity contribution >= 4 is 23.4 Å². The number of halogens is 1. The van der Waals surface area contributed by atoms with E-state index in [4.69, 9.17) is 11.6 Å². The average Bonchev–Trinajstić information content (AvgIpc) is 3.11. The molecule has 33 heavy (non-hydrogen) atoms. The summed E-state index contributed by atoms with van der Waals surface area (Å²) >= 11 is 6.09. The number of carbonyl (C=O) groups excluding carboxylic acids is 2. The van der Waals surface area contributed by atoms with Crippen LogP contribution in [-0.4, -0.2) is 35.8 Å². The number of rotatable bonds is 4. The minimum Gasteiger partial charge on any atom is -0.353 e. The third-order valence-electron chi connectivity index (χ3n) is 9.99. The Bertz CT molecular complexity index is 976. The highest BCUT2D eigenvalue weighted by Gasteiger charge is 2.60. The fourth-order valence-electron chi connectivity index (χ4n) is 8.19. The Labute approximate surface area is 203 Å². The number of hydrogen-bond donors (Lipinski definition) is 1. The minimum absolute atomic E-state index is 0.0746. The van der Waals surface area contributed by atoms with Crippen molar-refractivity contribution in [1.29, 1.82) is 0 Å². The van der Waals surface area contributed by atoms with E-state index in [0.717, 1.165) is 36.3 Å². The van der Waals surface area contributed by atoms with Crippen LogP contribution >= 0.6 is 11.6 Å². The molecule has 2 unspecified atom stereocenters. The highest BCUT2D eigenvalue weighted by Crippen LogP contribution is 2.63. The Morgan fingerprint density at radius 3 is 2.76 bits per heavy atom. The Kier molecular flexibility index (Phi) is 5.87.